The van der Waals surface area contributed by atoms with Crippen molar-refractivity contribution < 1.29 is 32.9 Å². The second-order valence-corrected chi connectivity index (χ2v) is 25.9. The number of aliphatic hydroxyl groups is 1. The molecule has 464 valence electrons. The van der Waals surface area contributed by atoms with Gasteiger partial charge in [-0.15, -0.1) is 0 Å². The molecule has 3 atom stereocenters. The Kier molecular flexibility index (Phi) is 59.4. The minimum Gasteiger partial charge on any atom is -0.756 e. The standard InChI is InChI=1S/C70H133N2O6P/c1-6-8-10-12-14-16-18-20-22-24-26-28-30-32-33-34-35-36-37-38-39-40-42-44-46-48-50-52-54-56-58-60-62-64-70(74)71-68(67-78-79(75,76)77-66-65-72(3,4)5)69(73)63-61-59-57-55-53-51-49-47-45-43-41-31-29-27-25-23-21-19-17-15-13-11-9-7-2/h18,20,24,26,30,32,53,55,61,63,68-69,73H,6-17,19,21-23,25,27-29,31,33-52,54,56-60,62,64-67H2,1-5H3,(H-,71,74,75,76)/b20-18-,26-24-,32-30-,55-53+,63-61+. The Balaban J connectivity index is 4.09. The van der Waals surface area contributed by atoms with Crippen LogP contribution in [0.15, 0.2) is 60.8 Å². The molecule has 3 unspecified atom stereocenters. The molecule has 0 bridgehead atoms. The van der Waals surface area contributed by atoms with E-state index in [1.165, 1.54) is 257 Å². The Labute approximate surface area is 492 Å². The van der Waals surface area contributed by atoms with Crippen LogP contribution in [0.1, 0.15) is 328 Å². The maximum Gasteiger partial charge on any atom is 0.268 e. The number of rotatable bonds is 63. The van der Waals surface area contributed by atoms with Gasteiger partial charge in [0.15, 0.2) is 0 Å². The number of carbonyl (C=O) groups excluding carboxylic acids is 1. The Morgan fingerprint density at radius 2 is 0.747 bits per heavy atom. The summed E-state index contributed by atoms with van der Waals surface area (Å²) in [7, 11) is 1.25. The molecule has 79 heavy (non-hydrogen) atoms. The predicted molar refractivity (Wildman–Crippen MR) is 344 cm³/mol. The zero-order chi connectivity index (χ0) is 57.7. The molecule has 1 amide bonds. The van der Waals surface area contributed by atoms with Gasteiger partial charge in [-0.25, -0.2) is 0 Å². The van der Waals surface area contributed by atoms with Crippen molar-refractivity contribution in [3.63, 3.8) is 0 Å². The van der Waals surface area contributed by atoms with Crippen LogP contribution in [0.25, 0.3) is 0 Å². The van der Waals surface area contributed by atoms with Crippen LogP contribution in [-0.4, -0.2) is 68.5 Å². The van der Waals surface area contributed by atoms with Gasteiger partial charge < -0.3 is 28.8 Å². The third kappa shape index (κ3) is 63.6. The van der Waals surface area contributed by atoms with Crippen molar-refractivity contribution in [1.29, 1.82) is 0 Å². The molecule has 9 heteroatoms. The van der Waals surface area contributed by atoms with E-state index in [9.17, 15) is 19.4 Å². The van der Waals surface area contributed by atoms with Gasteiger partial charge in [-0.2, -0.15) is 0 Å². The Morgan fingerprint density at radius 1 is 0.443 bits per heavy atom. The highest BCUT2D eigenvalue weighted by molar-refractivity contribution is 7.45. The summed E-state index contributed by atoms with van der Waals surface area (Å²) in [5, 5.41) is 13.9. The molecule has 0 aromatic rings. The Hall–Kier alpha value is -1.80. The van der Waals surface area contributed by atoms with Gasteiger partial charge in [0.2, 0.25) is 5.91 Å². The fraction of sp³-hybridized carbons (Fsp3) is 0.843. The van der Waals surface area contributed by atoms with E-state index < -0.39 is 26.6 Å². The number of phosphoric ester groups is 1. The summed E-state index contributed by atoms with van der Waals surface area (Å²) in [6, 6.07) is -0.906. The smallest absolute Gasteiger partial charge is 0.268 e. The molecule has 0 aliphatic carbocycles. The highest BCUT2D eigenvalue weighted by Crippen LogP contribution is 2.38. The van der Waals surface area contributed by atoms with Gasteiger partial charge in [0.05, 0.1) is 39.9 Å². The number of phosphoric acid groups is 1. The number of nitrogens with zero attached hydrogens (tertiary/aromatic N) is 1. The van der Waals surface area contributed by atoms with Crippen LogP contribution in [0.5, 0.6) is 0 Å². The second kappa shape index (κ2) is 60.8. The molecule has 0 spiro atoms. The fourth-order valence-electron chi connectivity index (χ4n) is 10.1. The number of allylic oxidation sites excluding steroid dienone is 9. The van der Waals surface area contributed by atoms with Crippen molar-refractivity contribution in [3.8, 4) is 0 Å². The van der Waals surface area contributed by atoms with Gasteiger partial charge >= 0.3 is 0 Å². The first-order chi connectivity index (χ1) is 38.5. The summed E-state index contributed by atoms with van der Waals surface area (Å²) in [6.07, 6.45) is 83.4. The lowest BCUT2D eigenvalue weighted by Gasteiger charge is -2.29. The molecule has 2 N–H and O–H groups in total. The number of amides is 1. The van der Waals surface area contributed by atoms with Crippen molar-refractivity contribution >= 4 is 13.7 Å². The summed E-state index contributed by atoms with van der Waals surface area (Å²) in [5.74, 6) is -0.203. The Morgan fingerprint density at radius 3 is 1.11 bits per heavy atom. The lowest BCUT2D eigenvalue weighted by Crippen LogP contribution is -2.45. The molecular formula is C70H133N2O6P. The van der Waals surface area contributed by atoms with E-state index in [1.54, 1.807) is 6.08 Å². The van der Waals surface area contributed by atoms with Gasteiger partial charge in [-0.05, 0) is 70.6 Å². The van der Waals surface area contributed by atoms with E-state index in [-0.39, 0.29) is 12.5 Å². The van der Waals surface area contributed by atoms with Gasteiger partial charge in [0, 0.05) is 6.42 Å². The largest absolute Gasteiger partial charge is 0.756 e. The quantitative estimate of drug-likeness (QED) is 0.0272. The van der Waals surface area contributed by atoms with Gasteiger partial charge in [0.25, 0.3) is 7.82 Å². The molecule has 0 aromatic carbocycles. The molecule has 0 saturated heterocycles. The second-order valence-electron chi connectivity index (χ2n) is 24.5. The molecule has 0 saturated carbocycles. The molecule has 0 aliphatic rings. The third-order valence-electron chi connectivity index (χ3n) is 15.4. The molecule has 0 aliphatic heterocycles. The Bertz CT molecular complexity index is 1470. The highest BCUT2D eigenvalue weighted by Gasteiger charge is 2.23. The van der Waals surface area contributed by atoms with E-state index in [1.807, 2.05) is 27.2 Å². The zero-order valence-corrected chi connectivity index (χ0v) is 54.0. The highest BCUT2D eigenvalue weighted by atomic mass is 31.2. The molecule has 8 nitrogen and oxygen atoms in total. The number of quaternary nitrogens is 1. The normalized spacial score (nSPS) is 14.1. The summed E-state index contributed by atoms with van der Waals surface area (Å²) < 4.78 is 23.4. The van der Waals surface area contributed by atoms with Crippen molar-refractivity contribution in [3.05, 3.63) is 60.8 Å². The van der Waals surface area contributed by atoms with Crippen LogP contribution < -0.4 is 10.2 Å². The summed E-state index contributed by atoms with van der Waals surface area (Å²) in [5.41, 5.74) is 0. The zero-order valence-electron chi connectivity index (χ0n) is 53.1. The summed E-state index contributed by atoms with van der Waals surface area (Å²) in [6.45, 7) is 4.66. The molecular weight excluding hydrogens is 996 g/mol. The average molecular weight is 1130 g/mol. The van der Waals surface area contributed by atoms with E-state index in [4.69, 9.17) is 9.05 Å². The minimum atomic E-state index is -4.61. The van der Waals surface area contributed by atoms with E-state index in [0.29, 0.717) is 17.4 Å². The predicted octanol–water partition coefficient (Wildman–Crippen LogP) is 21.0. The van der Waals surface area contributed by atoms with Crippen molar-refractivity contribution in [2.75, 3.05) is 40.9 Å². The first-order valence-electron chi connectivity index (χ1n) is 34.2. The van der Waals surface area contributed by atoms with Gasteiger partial charge in [0.1, 0.15) is 13.2 Å². The number of hydrogen-bond acceptors (Lipinski definition) is 6. The van der Waals surface area contributed by atoms with Crippen LogP contribution in [0.3, 0.4) is 0 Å². The first-order valence-corrected chi connectivity index (χ1v) is 35.6. The third-order valence-corrected chi connectivity index (χ3v) is 16.4. The molecule has 0 rings (SSSR count). The maximum atomic E-state index is 13.0. The van der Waals surface area contributed by atoms with Crippen LogP contribution in [-0.2, 0) is 18.4 Å². The van der Waals surface area contributed by atoms with Crippen LogP contribution >= 0.6 is 7.82 Å². The molecule has 0 radical (unpaired) electrons. The lowest BCUT2D eigenvalue weighted by atomic mass is 10.0. The number of nitrogens with one attached hydrogen (secondary N) is 1. The average Bonchev–Trinajstić information content (AvgIpc) is 3.42. The molecule has 0 aromatic heterocycles. The van der Waals surface area contributed by atoms with E-state index in [2.05, 4.69) is 67.8 Å². The number of likely N-dealkylation sites (N-methyl/N-ethyl adjacent to an activating group) is 1. The van der Waals surface area contributed by atoms with Crippen LogP contribution in [0.2, 0.25) is 0 Å². The van der Waals surface area contributed by atoms with Gasteiger partial charge in [-0.3, -0.25) is 9.36 Å². The van der Waals surface area contributed by atoms with Crippen LogP contribution in [0.4, 0.5) is 0 Å². The number of unbranched alkanes of at least 4 members (excludes halogenated alkanes) is 42. The number of carbonyl (C=O) groups is 1. The lowest BCUT2D eigenvalue weighted by molar-refractivity contribution is -0.870. The first kappa shape index (κ1) is 77.2. The van der Waals surface area contributed by atoms with Crippen molar-refractivity contribution in [2.45, 2.75) is 341 Å². The minimum absolute atomic E-state index is 0.00632. The van der Waals surface area contributed by atoms with Crippen molar-refractivity contribution in [1.82, 2.24) is 5.32 Å². The van der Waals surface area contributed by atoms with E-state index in [0.717, 1.165) is 51.4 Å². The SMILES string of the molecule is CCCCCCC/C=C\C/C=C\C/C=C\CCCCCCCCCCCCCCCCCCCCC(=O)NC(COP(=O)([O-])OCC[N+](C)(C)C)C(O)/C=C/CC/C=C/CCCCCCCCCCCCCCCCCCCC. The van der Waals surface area contributed by atoms with E-state index >= 15 is 0 Å². The number of hydrogen-bond donors (Lipinski definition) is 2. The maximum absolute atomic E-state index is 13.0. The van der Waals surface area contributed by atoms with Crippen molar-refractivity contribution in [2.24, 2.45) is 0 Å². The summed E-state index contributed by atoms with van der Waals surface area (Å²) >= 11 is 0. The van der Waals surface area contributed by atoms with Crippen LogP contribution in [0, 0.1) is 0 Å². The summed E-state index contributed by atoms with van der Waals surface area (Å²) in [4.78, 5) is 25.6. The topological polar surface area (TPSA) is 108 Å². The molecule has 0 heterocycles. The number of aliphatic hydroxyl groups excluding tert-OH is 1. The molecule has 0 fully saturated rings. The monoisotopic (exact) mass is 1130 g/mol. The van der Waals surface area contributed by atoms with Gasteiger partial charge in [-0.1, -0.05) is 312 Å². The fourth-order valence-corrected chi connectivity index (χ4v) is 10.8.